The van der Waals surface area contributed by atoms with E-state index < -0.39 is 0 Å². The molecule has 0 radical (unpaired) electrons. The first-order chi connectivity index (χ1) is 15.0. The van der Waals surface area contributed by atoms with Crippen LogP contribution in [0.3, 0.4) is 0 Å². The Morgan fingerprint density at radius 1 is 1.06 bits per heavy atom. The first-order valence-corrected chi connectivity index (χ1v) is 12.2. The summed E-state index contributed by atoms with van der Waals surface area (Å²) in [5, 5.41) is 0. The second-order valence-corrected chi connectivity index (χ2v) is 9.89. The molecule has 3 rings (SSSR count). The zero-order chi connectivity index (χ0) is 22.2. The van der Waals surface area contributed by atoms with E-state index >= 15 is 0 Å². The van der Waals surface area contributed by atoms with Crippen molar-refractivity contribution in [3.8, 4) is 0 Å². The molecule has 1 heterocycles. The van der Waals surface area contributed by atoms with Gasteiger partial charge in [0.1, 0.15) is 5.84 Å². The molecule has 0 bridgehead atoms. The minimum atomic E-state index is 0.108. The fourth-order valence-electron chi connectivity index (χ4n) is 3.37. The highest BCUT2D eigenvalue weighted by Crippen LogP contribution is 2.26. The topological polar surface area (TPSA) is 40.4 Å². The third-order valence-electron chi connectivity index (χ3n) is 5.20. The number of para-hydroxylation sites is 1. The Morgan fingerprint density at radius 2 is 1.74 bits per heavy atom. The molecular weight excluding hydrogens is 472 g/mol. The van der Waals surface area contributed by atoms with Gasteiger partial charge in [-0.15, -0.1) is 0 Å². The smallest absolute Gasteiger partial charge is 0.145 e. The largest absolute Gasteiger partial charge is 0.374 e. The van der Waals surface area contributed by atoms with Gasteiger partial charge >= 0.3 is 0 Å². The van der Waals surface area contributed by atoms with Crippen molar-refractivity contribution in [3.05, 3.63) is 58.6 Å². The van der Waals surface area contributed by atoms with Crippen molar-refractivity contribution in [1.82, 2.24) is 9.21 Å². The zero-order valence-corrected chi connectivity index (χ0v) is 20.9. The highest BCUT2D eigenvalue weighted by atomic mass is 79.9. The van der Waals surface area contributed by atoms with Crippen molar-refractivity contribution in [3.63, 3.8) is 0 Å². The van der Waals surface area contributed by atoms with Gasteiger partial charge in [0.25, 0.3) is 0 Å². The Balaban J connectivity index is 1.62. The van der Waals surface area contributed by atoms with Gasteiger partial charge in [-0.25, -0.2) is 14.3 Å². The lowest BCUT2D eigenvalue weighted by Gasteiger charge is -2.37. The van der Waals surface area contributed by atoms with Crippen LogP contribution in [0.25, 0.3) is 0 Å². The standard InChI is InChI=1S/C24H31BrN4OS/c1-18(2)30-17-20-7-5-6-8-23(20)27-24(26-4)19(3)28-13-15-29(16-14-28)31-22-11-9-21(25)10-12-22/h5-12,18-19H,4,13-17H2,1-3H3. The molecule has 1 atom stereocenters. The van der Waals surface area contributed by atoms with Gasteiger partial charge in [-0.2, -0.15) is 0 Å². The molecule has 31 heavy (non-hydrogen) atoms. The summed E-state index contributed by atoms with van der Waals surface area (Å²) >= 11 is 5.32. The maximum absolute atomic E-state index is 5.79. The molecule has 2 aromatic rings. The van der Waals surface area contributed by atoms with Crippen LogP contribution in [0, 0.1) is 0 Å². The van der Waals surface area contributed by atoms with E-state index in [1.165, 1.54) is 4.90 Å². The summed E-state index contributed by atoms with van der Waals surface area (Å²) in [4.78, 5) is 12.8. The second-order valence-electron chi connectivity index (χ2n) is 7.80. The fourth-order valence-corrected chi connectivity index (χ4v) is 4.54. The third-order valence-corrected chi connectivity index (χ3v) is 6.84. The van der Waals surface area contributed by atoms with E-state index in [2.05, 4.69) is 74.1 Å². The summed E-state index contributed by atoms with van der Waals surface area (Å²) in [6.45, 7) is 14.5. The Labute approximate surface area is 198 Å². The van der Waals surface area contributed by atoms with E-state index in [0.717, 1.165) is 47.7 Å². The van der Waals surface area contributed by atoms with Crippen LogP contribution in [0.5, 0.6) is 0 Å². The maximum atomic E-state index is 5.79. The number of halogens is 1. The van der Waals surface area contributed by atoms with Gasteiger partial charge in [0.2, 0.25) is 0 Å². The molecule has 0 saturated carbocycles. The average Bonchev–Trinajstić information content (AvgIpc) is 2.78. The predicted molar refractivity (Wildman–Crippen MR) is 136 cm³/mol. The number of piperazine rings is 1. The van der Waals surface area contributed by atoms with Crippen LogP contribution in [-0.4, -0.2) is 60.1 Å². The lowest BCUT2D eigenvalue weighted by molar-refractivity contribution is 0.0660. The molecule has 1 unspecified atom stereocenters. The first-order valence-electron chi connectivity index (χ1n) is 10.6. The SMILES string of the molecule is C=NC(=Nc1ccccc1COC(C)C)C(C)N1CCN(Sc2ccc(Br)cc2)CC1. The third kappa shape index (κ3) is 7.26. The highest BCUT2D eigenvalue weighted by Gasteiger charge is 2.24. The zero-order valence-electron chi connectivity index (χ0n) is 18.5. The van der Waals surface area contributed by atoms with Crippen LogP contribution in [0.1, 0.15) is 26.3 Å². The summed E-state index contributed by atoms with van der Waals surface area (Å²) in [5.41, 5.74) is 1.97. The monoisotopic (exact) mass is 502 g/mol. The molecule has 0 amide bonds. The summed E-state index contributed by atoms with van der Waals surface area (Å²) in [5.74, 6) is 0.756. The van der Waals surface area contributed by atoms with Crippen molar-refractivity contribution in [2.45, 2.75) is 44.4 Å². The number of amidine groups is 1. The molecule has 1 fully saturated rings. The fraction of sp³-hybridized carbons (Fsp3) is 0.417. The lowest BCUT2D eigenvalue weighted by atomic mass is 10.1. The molecule has 2 aromatic carbocycles. The lowest BCUT2D eigenvalue weighted by Crippen LogP contribution is -2.49. The maximum Gasteiger partial charge on any atom is 0.145 e. The van der Waals surface area contributed by atoms with Crippen LogP contribution in [0.15, 0.2) is 67.9 Å². The summed E-state index contributed by atoms with van der Waals surface area (Å²) in [6.07, 6.45) is 0.180. The van der Waals surface area contributed by atoms with E-state index in [4.69, 9.17) is 9.73 Å². The quantitative estimate of drug-likeness (QED) is 0.259. The molecule has 1 saturated heterocycles. The number of rotatable bonds is 8. The van der Waals surface area contributed by atoms with Gasteiger partial charge in [-0.1, -0.05) is 34.1 Å². The molecule has 1 aliphatic rings. The van der Waals surface area contributed by atoms with E-state index in [1.807, 2.05) is 44.0 Å². The highest BCUT2D eigenvalue weighted by molar-refractivity contribution is 9.10. The number of ether oxygens (including phenoxy) is 1. The predicted octanol–water partition coefficient (Wildman–Crippen LogP) is 5.82. The minimum Gasteiger partial charge on any atom is -0.374 e. The van der Waals surface area contributed by atoms with Gasteiger partial charge in [0, 0.05) is 41.1 Å². The summed E-state index contributed by atoms with van der Waals surface area (Å²) in [7, 11) is 0. The molecule has 0 aliphatic carbocycles. The number of aliphatic imine (C=N–C) groups is 2. The number of hydrogen-bond acceptors (Lipinski definition) is 5. The molecular formula is C24H31BrN4OS. The summed E-state index contributed by atoms with van der Waals surface area (Å²) < 4.78 is 9.32. The van der Waals surface area contributed by atoms with Crippen LogP contribution in [0.2, 0.25) is 0 Å². The van der Waals surface area contributed by atoms with Crippen LogP contribution in [0.4, 0.5) is 5.69 Å². The number of hydrogen-bond donors (Lipinski definition) is 0. The van der Waals surface area contributed by atoms with Crippen molar-refractivity contribution in [1.29, 1.82) is 0 Å². The molecule has 0 aromatic heterocycles. The second kappa shape index (κ2) is 11.9. The molecule has 0 spiro atoms. The number of benzene rings is 2. The van der Waals surface area contributed by atoms with Gasteiger partial charge in [-0.05, 0) is 69.8 Å². The Morgan fingerprint density at radius 3 is 2.39 bits per heavy atom. The van der Waals surface area contributed by atoms with Gasteiger partial charge in [-0.3, -0.25) is 4.90 Å². The van der Waals surface area contributed by atoms with Gasteiger partial charge in [0.05, 0.1) is 24.4 Å². The molecule has 0 N–H and O–H groups in total. The van der Waals surface area contributed by atoms with Crippen LogP contribution in [-0.2, 0) is 11.3 Å². The average molecular weight is 504 g/mol. The van der Waals surface area contributed by atoms with Crippen molar-refractivity contribution in [2.24, 2.45) is 9.98 Å². The van der Waals surface area contributed by atoms with E-state index in [-0.39, 0.29) is 12.1 Å². The molecule has 5 nitrogen and oxygen atoms in total. The molecule has 1 aliphatic heterocycles. The van der Waals surface area contributed by atoms with Crippen molar-refractivity contribution < 1.29 is 4.74 Å². The van der Waals surface area contributed by atoms with E-state index in [1.54, 1.807) is 0 Å². The minimum absolute atomic E-state index is 0.108. The van der Waals surface area contributed by atoms with Crippen LogP contribution < -0.4 is 0 Å². The Kier molecular flexibility index (Phi) is 9.29. The van der Waals surface area contributed by atoms with Gasteiger partial charge in [0.15, 0.2) is 0 Å². The van der Waals surface area contributed by atoms with Crippen molar-refractivity contribution >= 4 is 46.1 Å². The number of nitrogens with zero attached hydrogens (tertiary/aromatic N) is 4. The summed E-state index contributed by atoms with van der Waals surface area (Å²) in [6, 6.07) is 16.7. The molecule has 7 heteroatoms. The van der Waals surface area contributed by atoms with E-state index in [0.29, 0.717) is 6.61 Å². The first kappa shape index (κ1) is 24.1. The normalized spacial score (nSPS) is 17.1. The Bertz CT molecular complexity index is 879. The molecule has 166 valence electrons. The van der Waals surface area contributed by atoms with Gasteiger partial charge < -0.3 is 4.74 Å². The van der Waals surface area contributed by atoms with Crippen LogP contribution >= 0.6 is 27.9 Å². The van der Waals surface area contributed by atoms with Crippen molar-refractivity contribution in [2.75, 3.05) is 26.2 Å². The van der Waals surface area contributed by atoms with E-state index in [9.17, 15) is 0 Å². The Hall–Kier alpha value is -1.51.